The summed E-state index contributed by atoms with van der Waals surface area (Å²) in [6, 6.07) is 14.2. The van der Waals surface area contributed by atoms with E-state index in [0.717, 1.165) is 36.8 Å². The summed E-state index contributed by atoms with van der Waals surface area (Å²) in [5, 5.41) is 0. The highest BCUT2D eigenvalue weighted by molar-refractivity contribution is 5.67. The second kappa shape index (κ2) is 10.2. The van der Waals surface area contributed by atoms with Crippen LogP contribution in [0.2, 0.25) is 0 Å². The molecule has 180 valence electrons. The van der Waals surface area contributed by atoms with Crippen LogP contribution in [0, 0.1) is 11.6 Å². The lowest BCUT2D eigenvalue weighted by Gasteiger charge is -2.26. The van der Waals surface area contributed by atoms with Gasteiger partial charge in [0.2, 0.25) is 0 Å². The summed E-state index contributed by atoms with van der Waals surface area (Å²) in [6.45, 7) is 2.14. The molecule has 0 fully saturated rings. The summed E-state index contributed by atoms with van der Waals surface area (Å²) in [7, 11) is 0. The topological polar surface area (TPSA) is 9.23 Å². The third kappa shape index (κ3) is 5.60. The van der Waals surface area contributed by atoms with Crippen LogP contribution in [0.4, 0.5) is 22.0 Å². The van der Waals surface area contributed by atoms with Crippen LogP contribution < -0.4 is 4.74 Å². The van der Waals surface area contributed by atoms with Gasteiger partial charge in [-0.2, -0.15) is 0 Å². The molecule has 0 bridgehead atoms. The molecule has 34 heavy (non-hydrogen) atoms. The molecule has 0 amide bonds. The fourth-order valence-electron chi connectivity index (χ4n) is 4.77. The molecule has 3 aromatic carbocycles. The molecule has 0 heterocycles. The highest BCUT2D eigenvalue weighted by atomic mass is 19.4. The van der Waals surface area contributed by atoms with Gasteiger partial charge in [-0.15, -0.1) is 13.2 Å². The Labute approximate surface area is 196 Å². The molecule has 1 aliphatic carbocycles. The molecule has 0 radical (unpaired) electrons. The van der Waals surface area contributed by atoms with E-state index in [4.69, 9.17) is 0 Å². The lowest BCUT2D eigenvalue weighted by atomic mass is 9.78. The molecule has 0 aromatic heterocycles. The fourth-order valence-corrected chi connectivity index (χ4v) is 4.77. The first kappa shape index (κ1) is 24.2. The lowest BCUT2D eigenvalue weighted by Crippen LogP contribution is -2.17. The second-order valence-corrected chi connectivity index (χ2v) is 8.89. The third-order valence-electron chi connectivity index (χ3n) is 6.52. The normalized spacial score (nSPS) is 15.8. The van der Waals surface area contributed by atoms with Gasteiger partial charge < -0.3 is 4.74 Å². The van der Waals surface area contributed by atoms with Gasteiger partial charge in [-0.25, -0.2) is 8.78 Å². The molecule has 3 aromatic rings. The molecule has 0 N–H and O–H groups in total. The molecule has 4 rings (SSSR count). The Kier molecular flexibility index (Phi) is 7.24. The highest BCUT2D eigenvalue weighted by Gasteiger charge is 2.31. The van der Waals surface area contributed by atoms with E-state index in [1.807, 2.05) is 18.2 Å². The average Bonchev–Trinajstić information content (AvgIpc) is 2.79. The molecule has 1 aliphatic rings. The SMILES string of the molecule is CCCCCc1ccc(C2CCc3c(ccc(-c4ccc(OC(F)(F)F)cc4)c3F)C2)c(F)c1. The number of ether oxygens (including phenoxy) is 1. The van der Waals surface area contributed by atoms with Crippen molar-refractivity contribution in [2.24, 2.45) is 0 Å². The van der Waals surface area contributed by atoms with E-state index < -0.39 is 6.36 Å². The Morgan fingerprint density at radius 3 is 2.38 bits per heavy atom. The number of aryl methyl sites for hydroxylation is 1. The van der Waals surface area contributed by atoms with E-state index >= 15 is 4.39 Å². The monoisotopic (exact) mass is 474 g/mol. The van der Waals surface area contributed by atoms with Gasteiger partial charge in [0.25, 0.3) is 0 Å². The zero-order chi connectivity index (χ0) is 24.3. The Balaban J connectivity index is 1.50. The average molecular weight is 475 g/mol. The van der Waals surface area contributed by atoms with Crippen LogP contribution in [-0.2, 0) is 19.3 Å². The second-order valence-electron chi connectivity index (χ2n) is 8.89. The predicted octanol–water partition coefficient (Wildman–Crippen LogP) is 8.54. The van der Waals surface area contributed by atoms with E-state index in [1.165, 1.54) is 24.3 Å². The number of hydrogen-bond donors (Lipinski definition) is 0. The Bertz CT molecular complexity index is 1130. The Morgan fingerprint density at radius 2 is 1.71 bits per heavy atom. The van der Waals surface area contributed by atoms with Gasteiger partial charge in [0.05, 0.1) is 0 Å². The number of fused-ring (bicyclic) bond motifs is 1. The number of benzene rings is 3. The zero-order valence-electron chi connectivity index (χ0n) is 19.0. The summed E-state index contributed by atoms with van der Waals surface area (Å²) in [5.74, 6) is -0.926. The Hall–Kier alpha value is -2.89. The van der Waals surface area contributed by atoms with Crippen LogP contribution in [-0.4, -0.2) is 6.36 Å². The minimum atomic E-state index is -4.77. The van der Waals surface area contributed by atoms with E-state index in [2.05, 4.69) is 11.7 Å². The molecule has 0 aliphatic heterocycles. The van der Waals surface area contributed by atoms with Crippen molar-refractivity contribution in [3.8, 4) is 16.9 Å². The molecule has 0 spiro atoms. The molecule has 1 nitrogen and oxygen atoms in total. The van der Waals surface area contributed by atoms with Gasteiger partial charge in [0.15, 0.2) is 0 Å². The first-order valence-corrected chi connectivity index (χ1v) is 11.7. The quantitative estimate of drug-likeness (QED) is 0.246. The largest absolute Gasteiger partial charge is 0.573 e. The van der Waals surface area contributed by atoms with Crippen molar-refractivity contribution in [3.63, 3.8) is 0 Å². The van der Waals surface area contributed by atoms with Crippen LogP contribution in [0.1, 0.15) is 60.8 Å². The lowest BCUT2D eigenvalue weighted by molar-refractivity contribution is -0.274. The van der Waals surface area contributed by atoms with Crippen molar-refractivity contribution in [3.05, 3.63) is 88.5 Å². The minimum absolute atomic E-state index is 0.0127. The van der Waals surface area contributed by atoms with Crippen LogP contribution in [0.5, 0.6) is 5.75 Å². The van der Waals surface area contributed by atoms with Gasteiger partial charge in [0, 0.05) is 5.56 Å². The van der Waals surface area contributed by atoms with Crippen molar-refractivity contribution in [2.75, 3.05) is 0 Å². The van der Waals surface area contributed by atoms with Gasteiger partial charge >= 0.3 is 6.36 Å². The number of rotatable bonds is 7. The van der Waals surface area contributed by atoms with Crippen LogP contribution in [0.15, 0.2) is 54.6 Å². The molecule has 1 unspecified atom stereocenters. The van der Waals surface area contributed by atoms with Crippen LogP contribution in [0.25, 0.3) is 11.1 Å². The molecule has 0 saturated carbocycles. The van der Waals surface area contributed by atoms with Gasteiger partial charge in [-0.1, -0.05) is 56.2 Å². The van der Waals surface area contributed by atoms with Crippen LogP contribution in [0.3, 0.4) is 0 Å². The van der Waals surface area contributed by atoms with Gasteiger partial charge in [-0.3, -0.25) is 0 Å². The van der Waals surface area contributed by atoms with Crippen LogP contribution >= 0.6 is 0 Å². The maximum Gasteiger partial charge on any atom is 0.573 e. The Morgan fingerprint density at radius 1 is 0.941 bits per heavy atom. The van der Waals surface area contributed by atoms with Crippen molar-refractivity contribution < 1.29 is 26.7 Å². The molecule has 1 atom stereocenters. The first-order valence-electron chi connectivity index (χ1n) is 11.7. The van der Waals surface area contributed by atoms with Gasteiger partial charge in [-0.05, 0) is 84.0 Å². The first-order chi connectivity index (χ1) is 16.2. The number of alkyl halides is 3. The maximum atomic E-state index is 15.3. The maximum absolute atomic E-state index is 15.3. The highest BCUT2D eigenvalue weighted by Crippen LogP contribution is 2.38. The predicted molar refractivity (Wildman–Crippen MR) is 123 cm³/mol. The van der Waals surface area contributed by atoms with E-state index in [0.29, 0.717) is 41.5 Å². The molecule has 6 heteroatoms. The zero-order valence-corrected chi connectivity index (χ0v) is 19.0. The van der Waals surface area contributed by atoms with E-state index in [-0.39, 0.29) is 23.3 Å². The van der Waals surface area contributed by atoms with Crippen molar-refractivity contribution >= 4 is 0 Å². The van der Waals surface area contributed by atoms with Crippen molar-refractivity contribution in [1.29, 1.82) is 0 Å². The van der Waals surface area contributed by atoms with Crippen molar-refractivity contribution in [2.45, 2.75) is 64.1 Å². The summed E-state index contributed by atoms with van der Waals surface area (Å²) >= 11 is 0. The summed E-state index contributed by atoms with van der Waals surface area (Å²) in [6.07, 6.45) is 1.06. The molecular formula is C28H27F5O. The fraction of sp³-hybridized carbons (Fsp3) is 0.357. The molecular weight excluding hydrogens is 447 g/mol. The number of unbranched alkanes of at least 4 members (excludes halogenated alkanes) is 2. The minimum Gasteiger partial charge on any atom is -0.406 e. The van der Waals surface area contributed by atoms with Crippen molar-refractivity contribution in [1.82, 2.24) is 0 Å². The third-order valence-corrected chi connectivity index (χ3v) is 6.52. The summed E-state index contributed by atoms with van der Waals surface area (Å²) in [5.41, 5.74) is 3.94. The van der Waals surface area contributed by atoms with E-state index in [1.54, 1.807) is 12.1 Å². The summed E-state index contributed by atoms with van der Waals surface area (Å²) < 4.78 is 71.2. The van der Waals surface area contributed by atoms with Gasteiger partial charge in [0.1, 0.15) is 17.4 Å². The van der Waals surface area contributed by atoms with E-state index in [9.17, 15) is 17.6 Å². The number of hydrogen-bond acceptors (Lipinski definition) is 1. The molecule has 0 saturated heterocycles. The smallest absolute Gasteiger partial charge is 0.406 e. The number of halogens is 5. The standard InChI is InChI=1S/C28H27F5O/c1-2-3-4-5-18-6-13-23(26(29)16-18)20-9-15-25-21(17-20)10-14-24(27(25)30)19-7-11-22(12-8-19)34-28(31,32)33/h6-8,10-14,16,20H,2-5,9,15,17H2,1H3. The summed E-state index contributed by atoms with van der Waals surface area (Å²) in [4.78, 5) is 0.